The predicted octanol–water partition coefficient (Wildman–Crippen LogP) is 3.67. The molecule has 3 aromatic rings. The molecule has 1 heterocycles. The van der Waals surface area contributed by atoms with E-state index in [2.05, 4.69) is 20.5 Å². The quantitative estimate of drug-likeness (QED) is 0.715. The van der Waals surface area contributed by atoms with E-state index in [1.54, 1.807) is 0 Å². The molecule has 0 amide bonds. The zero-order valence-corrected chi connectivity index (χ0v) is 13.2. The van der Waals surface area contributed by atoms with Crippen LogP contribution in [0.3, 0.4) is 0 Å². The summed E-state index contributed by atoms with van der Waals surface area (Å²) in [6.07, 6.45) is 1.45. The predicted molar refractivity (Wildman–Crippen MR) is 88.0 cm³/mol. The van der Waals surface area contributed by atoms with Gasteiger partial charge in [0, 0.05) is 13.6 Å². The molecule has 0 fully saturated rings. The number of anilines is 3. The van der Waals surface area contributed by atoms with E-state index in [1.165, 1.54) is 6.20 Å². The van der Waals surface area contributed by atoms with E-state index in [9.17, 15) is 13.2 Å². The van der Waals surface area contributed by atoms with E-state index in [0.717, 1.165) is 17.7 Å². The Labute approximate surface area is 142 Å². The molecule has 0 atom stereocenters. The molecular weight excluding hydrogens is 331 g/mol. The number of aromatic nitrogens is 3. The van der Waals surface area contributed by atoms with Crippen molar-refractivity contribution in [3.8, 4) is 0 Å². The molecular formula is C17H14F3N5. The molecule has 0 aliphatic rings. The van der Waals surface area contributed by atoms with Gasteiger partial charge in [-0.25, -0.2) is 13.2 Å². The molecule has 0 spiro atoms. The first kappa shape index (κ1) is 16.7. The number of nitrogens with one attached hydrogen (secondary N) is 1. The topological polar surface area (TPSA) is 53.9 Å². The lowest BCUT2D eigenvalue weighted by atomic mass is 10.2. The summed E-state index contributed by atoms with van der Waals surface area (Å²) in [6, 6.07) is 11.6. The smallest absolute Gasteiger partial charge is 0.249 e. The van der Waals surface area contributed by atoms with Crippen LogP contribution < -0.4 is 10.2 Å². The van der Waals surface area contributed by atoms with Gasteiger partial charge in [0.25, 0.3) is 0 Å². The lowest BCUT2D eigenvalue weighted by Gasteiger charge is -2.18. The van der Waals surface area contributed by atoms with Crippen molar-refractivity contribution in [1.29, 1.82) is 0 Å². The minimum absolute atomic E-state index is 0.0256. The average Bonchev–Trinajstić information content (AvgIpc) is 2.63. The Morgan fingerprint density at radius 3 is 2.52 bits per heavy atom. The largest absolute Gasteiger partial charge is 0.354 e. The normalized spacial score (nSPS) is 10.6. The van der Waals surface area contributed by atoms with Gasteiger partial charge in [0.05, 0.1) is 11.9 Å². The third-order valence-corrected chi connectivity index (χ3v) is 3.48. The highest BCUT2D eigenvalue weighted by Gasteiger charge is 2.15. The highest BCUT2D eigenvalue weighted by Crippen LogP contribution is 2.22. The van der Waals surface area contributed by atoms with Crippen LogP contribution in [0.4, 0.5) is 30.6 Å². The first-order valence-corrected chi connectivity index (χ1v) is 7.40. The molecule has 0 unspecified atom stereocenters. The van der Waals surface area contributed by atoms with Gasteiger partial charge in [-0.05, 0) is 17.7 Å². The summed E-state index contributed by atoms with van der Waals surface area (Å²) in [7, 11) is 1.82. The summed E-state index contributed by atoms with van der Waals surface area (Å²) in [5, 5.41) is 10.0. The molecule has 3 rings (SSSR count). The van der Waals surface area contributed by atoms with Crippen LogP contribution in [0.2, 0.25) is 0 Å². The van der Waals surface area contributed by atoms with Crippen molar-refractivity contribution in [2.75, 3.05) is 17.3 Å². The molecule has 8 heteroatoms. The van der Waals surface area contributed by atoms with Crippen LogP contribution >= 0.6 is 0 Å². The minimum Gasteiger partial charge on any atom is -0.354 e. The molecule has 0 aliphatic heterocycles. The molecule has 25 heavy (non-hydrogen) atoms. The second kappa shape index (κ2) is 7.16. The summed E-state index contributed by atoms with van der Waals surface area (Å²) in [5.74, 6) is -3.70. The van der Waals surface area contributed by atoms with Crippen molar-refractivity contribution in [3.05, 3.63) is 71.7 Å². The molecule has 0 radical (unpaired) electrons. The Hall–Kier alpha value is -3.16. The van der Waals surface area contributed by atoms with Crippen LogP contribution in [0.15, 0.2) is 48.7 Å². The molecule has 128 valence electrons. The maximum absolute atomic E-state index is 13.7. The first-order chi connectivity index (χ1) is 12.0. The summed E-state index contributed by atoms with van der Waals surface area (Å²) in [6.45, 7) is 0.582. The third-order valence-electron chi connectivity index (χ3n) is 3.48. The molecule has 0 saturated heterocycles. The number of nitrogens with zero attached hydrogens (tertiary/aromatic N) is 4. The highest BCUT2D eigenvalue weighted by molar-refractivity contribution is 5.55. The van der Waals surface area contributed by atoms with Gasteiger partial charge in [-0.1, -0.05) is 30.3 Å². The maximum Gasteiger partial charge on any atom is 0.249 e. The maximum atomic E-state index is 13.7. The van der Waals surface area contributed by atoms with Crippen LogP contribution in [0.1, 0.15) is 5.56 Å². The Balaban J connectivity index is 1.79. The van der Waals surface area contributed by atoms with E-state index in [-0.39, 0.29) is 11.6 Å². The molecule has 5 nitrogen and oxygen atoms in total. The van der Waals surface area contributed by atoms with Gasteiger partial charge in [-0.2, -0.15) is 10.1 Å². The Morgan fingerprint density at radius 1 is 1.00 bits per heavy atom. The highest BCUT2D eigenvalue weighted by atomic mass is 19.2. The van der Waals surface area contributed by atoms with Gasteiger partial charge >= 0.3 is 0 Å². The number of halogens is 3. The van der Waals surface area contributed by atoms with E-state index >= 15 is 0 Å². The van der Waals surface area contributed by atoms with Gasteiger partial charge in [0.2, 0.25) is 5.95 Å². The third kappa shape index (κ3) is 3.85. The number of hydrogen-bond acceptors (Lipinski definition) is 5. The molecule has 1 aromatic heterocycles. The molecule has 0 saturated carbocycles. The lowest BCUT2D eigenvalue weighted by Crippen LogP contribution is -2.18. The summed E-state index contributed by atoms with van der Waals surface area (Å²) in [5.41, 5.74) is 0.799. The van der Waals surface area contributed by atoms with E-state index in [0.29, 0.717) is 12.4 Å². The van der Waals surface area contributed by atoms with Gasteiger partial charge in [-0.3, -0.25) is 0 Å². The van der Waals surface area contributed by atoms with Crippen LogP contribution in [0.25, 0.3) is 0 Å². The molecule has 0 bridgehead atoms. The standard InChI is InChI=1S/C17H14F3N5/c1-25(10-11-5-3-2-4-6-11)14-9-21-24-17(23-14)22-13-8-7-12(18)15(19)16(13)20/h2-9H,10H2,1H3,(H,22,23,24). The zero-order valence-electron chi connectivity index (χ0n) is 13.2. The molecule has 1 N–H and O–H groups in total. The van der Waals surface area contributed by atoms with Crippen molar-refractivity contribution in [2.24, 2.45) is 0 Å². The van der Waals surface area contributed by atoms with Crippen LogP contribution in [0, 0.1) is 17.5 Å². The summed E-state index contributed by atoms with van der Waals surface area (Å²) >= 11 is 0. The number of hydrogen-bond donors (Lipinski definition) is 1. The van der Waals surface area contributed by atoms with Crippen LogP contribution in [-0.4, -0.2) is 22.2 Å². The average molecular weight is 345 g/mol. The van der Waals surface area contributed by atoms with Crippen LogP contribution in [-0.2, 0) is 6.54 Å². The molecule has 0 aliphatic carbocycles. The molecule has 2 aromatic carbocycles. The van der Waals surface area contributed by atoms with E-state index in [4.69, 9.17) is 0 Å². The van der Waals surface area contributed by atoms with E-state index in [1.807, 2.05) is 42.3 Å². The summed E-state index contributed by atoms with van der Waals surface area (Å²) < 4.78 is 40.0. The Kier molecular flexibility index (Phi) is 4.78. The van der Waals surface area contributed by atoms with Crippen molar-refractivity contribution in [3.63, 3.8) is 0 Å². The van der Waals surface area contributed by atoms with Gasteiger partial charge in [0.1, 0.15) is 0 Å². The SMILES string of the molecule is CN(Cc1ccccc1)c1cnnc(Nc2ccc(F)c(F)c2F)n1. The number of benzene rings is 2. The van der Waals surface area contributed by atoms with Crippen molar-refractivity contribution >= 4 is 17.5 Å². The fourth-order valence-electron chi connectivity index (χ4n) is 2.21. The number of rotatable bonds is 5. The van der Waals surface area contributed by atoms with Crippen molar-refractivity contribution in [1.82, 2.24) is 15.2 Å². The Morgan fingerprint density at radius 2 is 1.76 bits per heavy atom. The van der Waals surface area contributed by atoms with Gasteiger partial charge in [0.15, 0.2) is 23.3 Å². The van der Waals surface area contributed by atoms with E-state index < -0.39 is 17.5 Å². The fourth-order valence-corrected chi connectivity index (χ4v) is 2.21. The van der Waals surface area contributed by atoms with Crippen molar-refractivity contribution < 1.29 is 13.2 Å². The monoisotopic (exact) mass is 345 g/mol. The lowest BCUT2D eigenvalue weighted by molar-refractivity contribution is 0.449. The Bertz CT molecular complexity index is 873. The second-order valence-electron chi connectivity index (χ2n) is 5.33. The summed E-state index contributed by atoms with van der Waals surface area (Å²) in [4.78, 5) is 6.05. The fraction of sp³-hybridized carbons (Fsp3) is 0.118. The zero-order chi connectivity index (χ0) is 17.8. The van der Waals surface area contributed by atoms with Gasteiger partial charge < -0.3 is 10.2 Å². The second-order valence-corrected chi connectivity index (χ2v) is 5.33. The first-order valence-electron chi connectivity index (χ1n) is 7.40. The minimum atomic E-state index is -1.56. The van der Waals surface area contributed by atoms with Crippen molar-refractivity contribution in [2.45, 2.75) is 6.54 Å². The van der Waals surface area contributed by atoms with Gasteiger partial charge in [-0.15, -0.1) is 5.10 Å². The van der Waals surface area contributed by atoms with Crippen LogP contribution in [0.5, 0.6) is 0 Å².